The van der Waals surface area contributed by atoms with Crippen LogP contribution in [0.25, 0.3) is 27.5 Å². The van der Waals surface area contributed by atoms with Crippen molar-refractivity contribution in [1.29, 1.82) is 0 Å². The molecule has 1 unspecified atom stereocenters. The zero-order valence-corrected chi connectivity index (χ0v) is 20.9. The second-order valence-corrected chi connectivity index (χ2v) is 9.03. The van der Waals surface area contributed by atoms with E-state index >= 15 is 0 Å². The molecule has 0 saturated carbocycles. The Kier molecular flexibility index (Phi) is 6.50. The SMILES string of the molecule is COc1cccc(C(CCO)NC(=O)c2nn3c(C)c(-c4ccc5ccccc5c4)[nH]c(=O)c3c2C)c1. The van der Waals surface area contributed by atoms with E-state index in [-0.39, 0.29) is 17.9 Å². The van der Waals surface area contributed by atoms with Crippen LogP contribution >= 0.6 is 0 Å². The number of aryl methyl sites for hydroxylation is 2. The predicted molar refractivity (Wildman–Crippen MR) is 143 cm³/mol. The van der Waals surface area contributed by atoms with Gasteiger partial charge in [0.1, 0.15) is 11.3 Å². The van der Waals surface area contributed by atoms with Gasteiger partial charge in [-0.1, -0.05) is 48.5 Å². The highest BCUT2D eigenvalue weighted by Gasteiger charge is 2.24. The van der Waals surface area contributed by atoms with Gasteiger partial charge in [0.15, 0.2) is 5.69 Å². The number of methoxy groups -OCH3 is 1. The Bertz CT molecular complexity index is 1690. The van der Waals surface area contributed by atoms with Gasteiger partial charge >= 0.3 is 0 Å². The minimum absolute atomic E-state index is 0.111. The van der Waals surface area contributed by atoms with E-state index in [9.17, 15) is 14.7 Å². The van der Waals surface area contributed by atoms with Crippen LogP contribution in [-0.2, 0) is 0 Å². The smallest absolute Gasteiger partial charge is 0.274 e. The van der Waals surface area contributed by atoms with Gasteiger partial charge in [0.05, 0.1) is 24.5 Å². The van der Waals surface area contributed by atoms with Crippen molar-refractivity contribution >= 4 is 22.2 Å². The number of nitrogens with one attached hydrogen (secondary N) is 2. The summed E-state index contributed by atoms with van der Waals surface area (Å²) < 4.78 is 6.84. The normalized spacial score (nSPS) is 12.1. The number of hydrogen-bond donors (Lipinski definition) is 3. The third-order valence-corrected chi connectivity index (χ3v) is 6.73. The maximum absolute atomic E-state index is 13.4. The molecule has 1 amide bonds. The van der Waals surface area contributed by atoms with Crippen molar-refractivity contribution in [3.05, 3.63) is 99.6 Å². The molecule has 0 saturated heterocycles. The number of fused-ring (bicyclic) bond motifs is 2. The van der Waals surface area contributed by atoms with E-state index in [1.165, 1.54) is 0 Å². The number of rotatable bonds is 7. The lowest BCUT2D eigenvalue weighted by atomic mass is 10.0. The van der Waals surface area contributed by atoms with Gasteiger partial charge < -0.3 is 20.1 Å². The predicted octanol–water partition coefficient (Wildman–Crippen LogP) is 4.32. The molecule has 3 aromatic carbocycles. The molecule has 5 rings (SSSR count). The molecule has 1 atom stereocenters. The van der Waals surface area contributed by atoms with Gasteiger partial charge in [0.2, 0.25) is 0 Å². The Morgan fingerprint density at radius 2 is 1.86 bits per heavy atom. The number of aromatic amines is 1. The van der Waals surface area contributed by atoms with Crippen LogP contribution in [0.1, 0.15) is 39.8 Å². The lowest BCUT2D eigenvalue weighted by Gasteiger charge is -2.18. The first-order valence-corrected chi connectivity index (χ1v) is 12.1. The third kappa shape index (κ3) is 4.47. The van der Waals surface area contributed by atoms with Crippen LogP contribution < -0.4 is 15.6 Å². The molecule has 2 aromatic heterocycles. The van der Waals surface area contributed by atoms with Gasteiger partial charge in [-0.2, -0.15) is 5.10 Å². The van der Waals surface area contributed by atoms with Gasteiger partial charge in [0.25, 0.3) is 11.5 Å². The van der Waals surface area contributed by atoms with E-state index in [2.05, 4.69) is 15.4 Å². The van der Waals surface area contributed by atoms with Crippen molar-refractivity contribution in [1.82, 2.24) is 19.9 Å². The summed E-state index contributed by atoms with van der Waals surface area (Å²) in [6, 6.07) is 20.9. The number of nitrogens with zero attached hydrogens (tertiary/aromatic N) is 2. The van der Waals surface area contributed by atoms with Crippen LogP contribution in [0, 0.1) is 13.8 Å². The summed E-state index contributed by atoms with van der Waals surface area (Å²) in [6.07, 6.45) is 0.317. The van der Waals surface area contributed by atoms with Crippen molar-refractivity contribution in [2.75, 3.05) is 13.7 Å². The molecule has 2 heterocycles. The monoisotopic (exact) mass is 496 g/mol. The van der Waals surface area contributed by atoms with Crippen LogP contribution in [-0.4, -0.2) is 39.3 Å². The van der Waals surface area contributed by atoms with Crippen molar-refractivity contribution in [2.45, 2.75) is 26.3 Å². The zero-order valence-electron chi connectivity index (χ0n) is 20.9. The van der Waals surface area contributed by atoms with E-state index in [0.717, 1.165) is 21.9 Å². The maximum atomic E-state index is 13.4. The molecule has 8 nitrogen and oxygen atoms in total. The second-order valence-electron chi connectivity index (χ2n) is 9.03. The van der Waals surface area contributed by atoms with Crippen LogP contribution in [0.2, 0.25) is 0 Å². The summed E-state index contributed by atoms with van der Waals surface area (Å²) in [5.41, 5.74) is 3.67. The molecule has 0 aliphatic heterocycles. The summed E-state index contributed by atoms with van der Waals surface area (Å²) in [4.78, 5) is 29.5. The van der Waals surface area contributed by atoms with Crippen molar-refractivity contribution in [3.63, 3.8) is 0 Å². The summed E-state index contributed by atoms with van der Waals surface area (Å²) >= 11 is 0. The van der Waals surface area contributed by atoms with E-state index in [1.807, 2.05) is 73.7 Å². The largest absolute Gasteiger partial charge is 0.497 e. The fourth-order valence-electron chi connectivity index (χ4n) is 4.75. The summed E-state index contributed by atoms with van der Waals surface area (Å²) in [7, 11) is 1.57. The van der Waals surface area contributed by atoms with Gasteiger partial charge in [-0.05, 0) is 54.8 Å². The van der Waals surface area contributed by atoms with Crippen LogP contribution in [0.3, 0.4) is 0 Å². The molecule has 0 spiro atoms. The third-order valence-electron chi connectivity index (χ3n) is 6.73. The van der Waals surface area contributed by atoms with Gasteiger partial charge in [-0.3, -0.25) is 9.59 Å². The number of ether oxygens (including phenoxy) is 1. The summed E-state index contributed by atoms with van der Waals surface area (Å²) in [5.74, 6) is 0.232. The highest BCUT2D eigenvalue weighted by Crippen LogP contribution is 2.27. The molecule has 0 fully saturated rings. The molecule has 3 N–H and O–H groups in total. The average molecular weight is 497 g/mol. The quantitative estimate of drug-likeness (QED) is 0.311. The number of benzene rings is 3. The summed E-state index contributed by atoms with van der Waals surface area (Å²) in [5, 5.41) is 19.3. The molecule has 0 bridgehead atoms. The van der Waals surface area contributed by atoms with E-state index < -0.39 is 11.9 Å². The fourth-order valence-corrected chi connectivity index (χ4v) is 4.75. The van der Waals surface area contributed by atoms with Gasteiger partial charge in [0, 0.05) is 17.7 Å². The molecule has 5 aromatic rings. The number of carbonyl (C=O) groups excluding carboxylic acids is 1. The number of amides is 1. The van der Waals surface area contributed by atoms with Crippen molar-refractivity contribution in [2.24, 2.45) is 0 Å². The fraction of sp³-hybridized carbons (Fsp3) is 0.207. The zero-order chi connectivity index (χ0) is 26.1. The topological polar surface area (TPSA) is 109 Å². The molecule has 188 valence electrons. The average Bonchev–Trinajstić information content (AvgIpc) is 3.28. The molecular weight excluding hydrogens is 468 g/mol. The minimum Gasteiger partial charge on any atom is -0.497 e. The maximum Gasteiger partial charge on any atom is 0.274 e. The number of aliphatic hydroxyl groups is 1. The van der Waals surface area contributed by atoms with Crippen molar-refractivity contribution in [3.8, 4) is 17.0 Å². The lowest BCUT2D eigenvalue weighted by molar-refractivity contribution is 0.0924. The van der Waals surface area contributed by atoms with E-state index in [4.69, 9.17) is 4.74 Å². The Balaban J connectivity index is 1.54. The highest BCUT2D eigenvalue weighted by atomic mass is 16.5. The standard InChI is InChI=1S/C29H28N4O4/c1-17-25(28(35)30-24(13-14-34)21-9-6-10-23(16-21)37-3)32-33-18(2)26(31-29(36)27(17)33)22-12-11-19-7-4-5-8-20(19)15-22/h4-12,15-16,24,34H,13-14H2,1-3H3,(H,30,35)(H,31,36). The van der Waals surface area contributed by atoms with Crippen molar-refractivity contribution < 1.29 is 14.6 Å². The lowest BCUT2D eigenvalue weighted by Crippen LogP contribution is -2.30. The highest BCUT2D eigenvalue weighted by molar-refractivity contribution is 5.96. The molecule has 0 aliphatic carbocycles. The Hall–Kier alpha value is -4.43. The van der Waals surface area contributed by atoms with Crippen LogP contribution in [0.5, 0.6) is 5.75 Å². The number of hydrogen-bond acceptors (Lipinski definition) is 5. The summed E-state index contributed by atoms with van der Waals surface area (Å²) in [6.45, 7) is 3.47. The second kappa shape index (κ2) is 9.91. The Morgan fingerprint density at radius 1 is 1.08 bits per heavy atom. The Labute approximate surface area is 213 Å². The molecule has 0 radical (unpaired) electrons. The molecule has 8 heteroatoms. The number of aromatic nitrogens is 3. The number of H-pyrrole nitrogens is 1. The molecular formula is C29H28N4O4. The molecule has 0 aliphatic rings. The van der Waals surface area contributed by atoms with Crippen LogP contribution in [0.15, 0.2) is 71.5 Å². The number of carbonyl (C=O) groups is 1. The van der Waals surface area contributed by atoms with Crippen LogP contribution in [0.4, 0.5) is 0 Å². The number of aliphatic hydroxyl groups excluding tert-OH is 1. The Morgan fingerprint density at radius 3 is 2.62 bits per heavy atom. The molecule has 37 heavy (non-hydrogen) atoms. The first-order chi connectivity index (χ1) is 17.9. The first-order valence-electron chi connectivity index (χ1n) is 12.1. The van der Waals surface area contributed by atoms with E-state index in [1.54, 1.807) is 18.5 Å². The minimum atomic E-state index is -0.454. The van der Waals surface area contributed by atoms with E-state index in [0.29, 0.717) is 34.6 Å². The van der Waals surface area contributed by atoms with Gasteiger partial charge in [-0.25, -0.2) is 4.52 Å². The first kappa shape index (κ1) is 24.3. The van der Waals surface area contributed by atoms with Gasteiger partial charge in [-0.15, -0.1) is 0 Å².